The Morgan fingerprint density at radius 1 is 1.11 bits per heavy atom. The summed E-state index contributed by atoms with van der Waals surface area (Å²) in [5.74, 6) is 0.991. The van der Waals surface area contributed by atoms with Crippen molar-refractivity contribution >= 4 is 6.03 Å². The lowest BCUT2D eigenvalue weighted by molar-refractivity contribution is 0.174. The first-order valence-corrected chi connectivity index (χ1v) is 12.6. The van der Waals surface area contributed by atoms with Gasteiger partial charge >= 0.3 is 6.03 Å². The molecule has 0 saturated carbocycles. The molecule has 0 unspecified atom stereocenters. The summed E-state index contributed by atoms with van der Waals surface area (Å²) >= 11 is 0. The molecule has 2 aromatic heterocycles. The van der Waals surface area contributed by atoms with Crippen LogP contribution in [0.15, 0.2) is 72.9 Å². The highest BCUT2D eigenvalue weighted by atomic mass is 16.5. The van der Waals surface area contributed by atoms with Crippen molar-refractivity contribution in [2.45, 2.75) is 39.3 Å². The highest BCUT2D eigenvalue weighted by molar-refractivity contribution is 5.76. The number of hydrogen-bond acceptors (Lipinski definition) is 3. The lowest BCUT2D eigenvalue weighted by Gasteiger charge is -2.31. The summed E-state index contributed by atoms with van der Waals surface area (Å²) in [5, 5.41) is 8.14. The van der Waals surface area contributed by atoms with Gasteiger partial charge in [-0.25, -0.2) is 9.48 Å². The molecule has 0 aliphatic carbocycles. The fourth-order valence-corrected chi connectivity index (χ4v) is 5.05. The first-order valence-electron chi connectivity index (χ1n) is 12.6. The van der Waals surface area contributed by atoms with Crippen LogP contribution >= 0.6 is 0 Å². The second-order valence-corrected chi connectivity index (χ2v) is 9.18. The summed E-state index contributed by atoms with van der Waals surface area (Å²) in [4.78, 5) is 15.7. The van der Waals surface area contributed by atoms with E-state index in [1.54, 1.807) is 7.11 Å². The SMILES string of the molecule is CCc1nn(-c2ccccc2)c2c1CN(C(=O)NCCCOC)[C@@H](c1cccc(C)c1)c1cccn1-2. The van der Waals surface area contributed by atoms with Gasteiger partial charge in [0.05, 0.1) is 29.7 Å². The first kappa shape index (κ1) is 23.9. The van der Waals surface area contributed by atoms with Crippen LogP contribution in [0.2, 0.25) is 0 Å². The molecule has 1 N–H and O–H groups in total. The van der Waals surface area contributed by atoms with Crippen LogP contribution in [0.4, 0.5) is 4.79 Å². The molecule has 1 aliphatic rings. The number of aromatic nitrogens is 3. The number of ether oxygens (including phenoxy) is 1. The summed E-state index contributed by atoms with van der Waals surface area (Å²) < 4.78 is 9.40. The minimum Gasteiger partial charge on any atom is -0.385 e. The third kappa shape index (κ3) is 4.42. The number of aryl methyl sites for hydroxylation is 2. The van der Waals surface area contributed by atoms with Crippen LogP contribution in [0.1, 0.15) is 47.5 Å². The molecular formula is C29H33N5O2. The maximum atomic E-state index is 13.7. The molecule has 0 radical (unpaired) electrons. The van der Waals surface area contributed by atoms with E-state index >= 15 is 0 Å². The number of nitrogens with zero attached hydrogens (tertiary/aromatic N) is 4. The number of methoxy groups -OCH3 is 1. The molecule has 2 aromatic carbocycles. The normalized spacial score (nSPS) is 14.8. The Hall–Kier alpha value is -3.84. The molecule has 1 atom stereocenters. The zero-order chi connectivity index (χ0) is 25.1. The summed E-state index contributed by atoms with van der Waals surface area (Å²) in [7, 11) is 1.68. The van der Waals surface area contributed by atoms with E-state index in [0.717, 1.165) is 52.4 Å². The van der Waals surface area contributed by atoms with Crippen LogP contribution in [-0.4, -0.2) is 45.5 Å². The van der Waals surface area contributed by atoms with E-state index in [4.69, 9.17) is 9.84 Å². The molecule has 4 aromatic rings. The molecule has 0 saturated heterocycles. The van der Waals surface area contributed by atoms with Crippen LogP contribution in [0.5, 0.6) is 0 Å². The number of nitrogens with one attached hydrogen (secondary N) is 1. The zero-order valence-corrected chi connectivity index (χ0v) is 21.1. The summed E-state index contributed by atoms with van der Waals surface area (Å²) in [6.45, 7) is 5.83. The Morgan fingerprint density at radius 2 is 1.94 bits per heavy atom. The van der Waals surface area contributed by atoms with Crippen molar-refractivity contribution < 1.29 is 9.53 Å². The van der Waals surface area contributed by atoms with Gasteiger partial charge in [-0.3, -0.25) is 0 Å². The maximum absolute atomic E-state index is 13.7. The van der Waals surface area contributed by atoms with Gasteiger partial charge in [0.2, 0.25) is 0 Å². The van der Waals surface area contributed by atoms with Gasteiger partial charge in [0.25, 0.3) is 0 Å². The van der Waals surface area contributed by atoms with E-state index in [-0.39, 0.29) is 12.1 Å². The largest absolute Gasteiger partial charge is 0.385 e. The Balaban J connectivity index is 1.68. The predicted molar refractivity (Wildman–Crippen MR) is 141 cm³/mol. The Bertz CT molecular complexity index is 1340. The Kier molecular flexibility index (Phi) is 6.91. The van der Waals surface area contributed by atoms with Crippen LogP contribution in [0, 0.1) is 6.92 Å². The monoisotopic (exact) mass is 483 g/mol. The molecular weight excluding hydrogens is 450 g/mol. The molecule has 7 nitrogen and oxygen atoms in total. The van der Waals surface area contributed by atoms with E-state index in [1.165, 1.54) is 0 Å². The van der Waals surface area contributed by atoms with Gasteiger partial charge in [0.15, 0.2) is 0 Å². The smallest absolute Gasteiger partial charge is 0.318 e. The fraction of sp³-hybridized carbons (Fsp3) is 0.310. The summed E-state index contributed by atoms with van der Waals surface area (Å²) in [6, 6.07) is 22.5. The number of urea groups is 1. The van der Waals surface area contributed by atoms with E-state index in [0.29, 0.717) is 19.7 Å². The summed E-state index contributed by atoms with van der Waals surface area (Å²) in [6.07, 6.45) is 3.62. The minimum atomic E-state index is -0.247. The molecule has 1 aliphatic heterocycles. The predicted octanol–water partition coefficient (Wildman–Crippen LogP) is 5.18. The van der Waals surface area contributed by atoms with Crippen molar-refractivity contribution in [3.8, 4) is 11.5 Å². The van der Waals surface area contributed by atoms with E-state index in [1.807, 2.05) is 27.8 Å². The van der Waals surface area contributed by atoms with Crippen molar-refractivity contribution in [3.63, 3.8) is 0 Å². The van der Waals surface area contributed by atoms with Gasteiger partial charge in [0, 0.05) is 32.0 Å². The molecule has 0 bridgehead atoms. The highest BCUT2D eigenvalue weighted by Crippen LogP contribution is 2.38. The van der Waals surface area contributed by atoms with Crippen LogP contribution in [-0.2, 0) is 17.7 Å². The van der Waals surface area contributed by atoms with Crippen LogP contribution in [0.3, 0.4) is 0 Å². The van der Waals surface area contributed by atoms with E-state index in [2.05, 4.69) is 78.5 Å². The molecule has 36 heavy (non-hydrogen) atoms. The third-order valence-electron chi connectivity index (χ3n) is 6.72. The molecule has 7 heteroatoms. The average molecular weight is 484 g/mol. The topological polar surface area (TPSA) is 64.3 Å². The molecule has 186 valence electrons. The Morgan fingerprint density at radius 3 is 2.69 bits per heavy atom. The van der Waals surface area contributed by atoms with Crippen LogP contribution < -0.4 is 5.32 Å². The fourth-order valence-electron chi connectivity index (χ4n) is 5.05. The number of carbonyl (C=O) groups is 1. The number of carbonyl (C=O) groups excluding carboxylic acids is 1. The number of rotatable bonds is 7. The van der Waals surface area contributed by atoms with Crippen molar-refractivity contribution in [1.29, 1.82) is 0 Å². The lowest BCUT2D eigenvalue weighted by Crippen LogP contribution is -2.42. The quantitative estimate of drug-likeness (QED) is 0.368. The van der Waals surface area contributed by atoms with Crippen LogP contribution in [0.25, 0.3) is 11.5 Å². The van der Waals surface area contributed by atoms with Gasteiger partial charge < -0.3 is 19.5 Å². The standard InChI is InChI=1S/C29H33N5O2/c1-4-25-24-20-33(29(35)30-16-10-18-36-3)27(22-12-8-11-21(2)19-22)26-15-9-17-32(26)28(24)34(31-25)23-13-6-5-7-14-23/h5-9,11-15,17,19,27H,4,10,16,18,20H2,1-3H3,(H,30,35)/t27-/m0/s1. The van der Waals surface area contributed by atoms with E-state index < -0.39 is 0 Å². The first-order chi connectivity index (χ1) is 17.6. The number of fused-ring (bicyclic) bond motifs is 3. The van der Waals surface area contributed by atoms with Crippen molar-refractivity contribution in [1.82, 2.24) is 24.6 Å². The molecule has 5 rings (SSSR count). The van der Waals surface area contributed by atoms with Crippen molar-refractivity contribution in [2.75, 3.05) is 20.3 Å². The second-order valence-electron chi connectivity index (χ2n) is 9.18. The summed E-state index contributed by atoms with van der Waals surface area (Å²) in [5.41, 5.74) is 6.35. The number of hydrogen-bond donors (Lipinski definition) is 1. The molecule has 0 spiro atoms. The van der Waals surface area contributed by atoms with Gasteiger partial charge in [-0.1, -0.05) is 55.0 Å². The minimum absolute atomic E-state index is 0.0901. The number of benzene rings is 2. The van der Waals surface area contributed by atoms with Gasteiger partial charge in [0.1, 0.15) is 5.82 Å². The number of amides is 2. The third-order valence-corrected chi connectivity index (χ3v) is 6.72. The van der Waals surface area contributed by atoms with Gasteiger partial charge in [-0.15, -0.1) is 0 Å². The second kappa shape index (κ2) is 10.4. The van der Waals surface area contributed by atoms with Crippen molar-refractivity contribution in [3.05, 3.63) is 101 Å². The van der Waals surface area contributed by atoms with E-state index in [9.17, 15) is 4.79 Å². The molecule has 0 fully saturated rings. The number of para-hydroxylation sites is 1. The highest BCUT2D eigenvalue weighted by Gasteiger charge is 2.36. The molecule has 2 amide bonds. The average Bonchev–Trinajstić information content (AvgIpc) is 3.48. The zero-order valence-electron chi connectivity index (χ0n) is 21.1. The maximum Gasteiger partial charge on any atom is 0.318 e. The van der Waals surface area contributed by atoms with Gasteiger partial charge in [-0.2, -0.15) is 5.10 Å². The lowest BCUT2D eigenvalue weighted by atomic mass is 10.00. The van der Waals surface area contributed by atoms with Crippen molar-refractivity contribution in [2.24, 2.45) is 0 Å². The molecule has 3 heterocycles. The van der Waals surface area contributed by atoms with Gasteiger partial charge in [-0.05, 0) is 49.6 Å². The Labute approximate surface area is 212 Å².